The summed E-state index contributed by atoms with van der Waals surface area (Å²) in [6.45, 7) is 9.23. The number of aliphatic hydroxyl groups is 1. The van der Waals surface area contributed by atoms with Gasteiger partial charge in [0.15, 0.2) is 11.6 Å². The predicted molar refractivity (Wildman–Crippen MR) is 116 cm³/mol. The highest BCUT2D eigenvalue weighted by atomic mass is 16.7. The highest BCUT2D eigenvalue weighted by Gasteiger charge is 2.68. The van der Waals surface area contributed by atoms with Gasteiger partial charge in [-0.1, -0.05) is 19.0 Å². The molecule has 32 heavy (non-hydrogen) atoms. The topological polar surface area (TPSA) is 89.7 Å². The summed E-state index contributed by atoms with van der Waals surface area (Å²) in [5.41, 5.74) is 0.422. The van der Waals surface area contributed by atoms with Crippen LogP contribution in [0.15, 0.2) is 5.16 Å². The Morgan fingerprint density at radius 3 is 2.25 bits per heavy atom. The molecule has 2 aliphatic heterocycles. The molecule has 0 aromatic carbocycles. The third kappa shape index (κ3) is 2.75. The van der Waals surface area contributed by atoms with Crippen molar-refractivity contribution in [3.8, 4) is 0 Å². The van der Waals surface area contributed by atoms with Crippen molar-refractivity contribution in [1.82, 2.24) is 0 Å². The number of oxime groups is 1. The molecule has 4 aliphatic carbocycles. The van der Waals surface area contributed by atoms with Gasteiger partial charge < -0.3 is 29.3 Å². The number of fused-ring (bicyclic) bond motifs is 5. The average Bonchev–Trinajstić information content (AvgIpc) is 3.47. The zero-order chi connectivity index (χ0) is 22.4. The van der Waals surface area contributed by atoms with Gasteiger partial charge in [-0.3, -0.25) is 0 Å². The summed E-state index contributed by atoms with van der Waals surface area (Å²) in [6.07, 6.45) is 6.03. The number of aliphatic hydroxyl groups excluding tert-OH is 1. The van der Waals surface area contributed by atoms with Gasteiger partial charge in [0.1, 0.15) is 0 Å². The fourth-order valence-corrected chi connectivity index (χ4v) is 9.65. The number of ether oxygens (including phenoxy) is 4. The minimum atomic E-state index is -0.642. The van der Waals surface area contributed by atoms with Crippen molar-refractivity contribution < 1.29 is 29.3 Å². The van der Waals surface area contributed by atoms with Gasteiger partial charge in [0.2, 0.25) is 0 Å². The minimum Gasteiger partial charge on any atom is -0.411 e. The fraction of sp³-hybridized carbons (Fsp3) is 0.960. The molecule has 2 heterocycles. The van der Waals surface area contributed by atoms with E-state index in [2.05, 4.69) is 25.9 Å². The van der Waals surface area contributed by atoms with Gasteiger partial charge in [-0.2, -0.15) is 0 Å². The van der Waals surface area contributed by atoms with Crippen molar-refractivity contribution in [2.75, 3.05) is 26.4 Å². The number of hydrogen-bond acceptors (Lipinski definition) is 7. The number of nitrogens with zero attached hydrogens (tertiary/aromatic N) is 1. The van der Waals surface area contributed by atoms with Crippen LogP contribution in [0.3, 0.4) is 0 Å². The summed E-state index contributed by atoms with van der Waals surface area (Å²) < 4.78 is 24.3. The van der Waals surface area contributed by atoms with E-state index in [-0.39, 0.29) is 22.7 Å². The van der Waals surface area contributed by atoms with Crippen molar-refractivity contribution in [2.45, 2.75) is 83.4 Å². The maximum absolute atomic E-state index is 11.8. The molecule has 7 heteroatoms. The molecule has 2 N–H and O–H groups in total. The van der Waals surface area contributed by atoms with Crippen LogP contribution in [-0.4, -0.2) is 60.1 Å². The molecular formula is C25H39NO6. The van der Waals surface area contributed by atoms with Gasteiger partial charge in [-0.05, 0) is 68.1 Å². The zero-order valence-corrected chi connectivity index (χ0v) is 19.7. The van der Waals surface area contributed by atoms with E-state index in [1.54, 1.807) is 0 Å². The molecule has 2 saturated heterocycles. The molecule has 4 saturated carbocycles. The standard InChI is InChI=1S/C25H39NO6/c1-22-13-18(27)21-16(17(22)6-7-19(22)24(3)29-8-9-30-24)5-4-15-12-25(31-10-11-32-25)14-20(26-28)23(15,21)2/h15-19,21,27-28H,4-14H2,1-3H3/b26-20-/t15-,16-,17-,18-,19-,21+,22-,23+/m0/s1. The second kappa shape index (κ2) is 7.14. The van der Waals surface area contributed by atoms with Crippen LogP contribution in [0.5, 0.6) is 0 Å². The van der Waals surface area contributed by atoms with Gasteiger partial charge in [-0.25, -0.2) is 0 Å². The Balaban J connectivity index is 1.34. The summed E-state index contributed by atoms with van der Waals surface area (Å²) in [5, 5.41) is 25.7. The molecule has 0 bridgehead atoms. The molecule has 0 aromatic heterocycles. The van der Waals surface area contributed by atoms with E-state index in [0.29, 0.717) is 50.6 Å². The van der Waals surface area contributed by atoms with Crippen molar-refractivity contribution in [1.29, 1.82) is 0 Å². The molecule has 6 rings (SSSR count). The van der Waals surface area contributed by atoms with Crippen LogP contribution in [-0.2, 0) is 18.9 Å². The third-order valence-electron chi connectivity index (χ3n) is 10.9. The normalized spacial score (nSPS) is 52.7. The van der Waals surface area contributed by atoms with Gasteiger partial charge in [0, 0.05) is 24.2 Å². The summed E-state index contributed by atoms with van der Waals surface area (Å²) >= 11 is 0. The highest BCUT2D eigenvalue weighted by Crippen LogP contribution is 2.69. The summed E-state index contributed by atoms with van der Waals surface area (Å²) in [5.74, 6) is 0.441. The maximum Gasteiger partial charge on any atom is 0.174 e. The lowest BCUT2D eigenvalue weighted by molar-refractivity contribution is -0.233. The molecule has 180 valence electrons. The molecule has 6 aliphatic rings. The third-order valence-corrected chi connectivity index (χ3v) is 10.9. The first-order chi connectivity index (χ1) is 15.3. The summed E-state index contributed by atoms with van der Waals surface area (Å²) in [6, 6.07) is 0. The minimum absolute atomic E-state index is 0.00699. The van der Waals surface area contributed by atoms with Gasteiger partial charge >= 0.3 is 0 Å². The van der Waals surface area contributed by atoms with E-state index in [9.17, 15) is 10.3 Å². The van der Waals surface area contributed by atoms with Crippen LogP contribution < -0.4 is 0 Å². The second-order valence-corrected chi connectivity index (χ2v) is 12.0. The maximum atomic E-state index is 11.8. The lowest BCUT2D eigenvalue weighted by Gasteiger charge is -2.63. The van der Waals surface area contributed by atoms with Crippen LogP contribution in [0, 0.1) is 40.4 Å². The Morgan fingerprint density at radius 1 is 0.875 bits per heavy atom. The largest absolute Gasteiger partial charge is 0.411 e. The van der Waals surface area contributed by atoms with E-state index in [1.165, 1.54) is 0 Å². The quantitative estimate of drug-likeness (QED) is 0.470. The number of hydrogen-bond donors (Lipinski definition) is 2. The highest BCUT2D eigenvalue weighted by molar-refractivity contribution is 5.92. The lowest BCUT2D eigenvalue weighted by atomic mass is 9.43. The Labute approximate surface area is 190 Å². The first-order valence-electron chi connectivity index (χ1n) is 12.7. The number of rotatable bonds is 1. The molecule has 0 amide bonds. The van der Waals surface area contributed by atoms with Crippen LogP contribution in [0.2, 0.25) is 0 Å². The van der Waals surface area contributed by atoms with E-state index < -0.39 is 17.7 Å². The Morgan fingerprint density at radius 2 is 1.56 bits per heavy atom. The van der Waals surface area contributed by atoms with E-state index in [1.807, 2.05) is 0 Å². The average molecular weight is 450 g/mol. The molecule has 7 nitrogen and oxygen atoms in total. The van der Waals surface area contributed by atoms with Crippen LogP contribution >= 0.6 is 0 Å². The SMILES string of the molecule is CC1([C@H]2CC[C@H]3[C@@H]4CC[C@H]5CC6(C/C(=N/O)[C@]5(C)[C@H]4[C@@H](O)C[C@]23C)OCCO6)OCCO1. The molecule has 0 unspecified atom stereocenters. The molecule has 8 atom stereocenters. The van der Waals surface area contributed by atoms with Crippen LogP contribution in [0.25, 0.3) is 0 Å². The molecule has 0 radical (unpaired) electrons. The first-order valence-corrected chi connectivity index (χ1v) is 12.7. The molecule has 6 fully saturated rings. The lowest BCUT2D eigenvalue weighted by Crippen LogP contribution is -2.64. The smallest absolute Gasteiger partial charge is 0.174 e. The fourth-order valence-electron chi connectivity index (χ4n) is 9.65. The van der Waals surface area contributed by atoms with Crippen molar-refractivity contribution in [3.05, 3.63) is 0 Å². The molecular weight excluding hydrogens is 410 g/mol. The predicted octanol–water partition coefficient (Wildman–Crippen LogP) is 3.56. The molecule has 1 spiro atoms. The van der Waals surface area contributed by atoms with Crippen LogP contribution in [0.1, 0.15) is 65.7 Å². The van der Waals surface area contributed by atoms with Gasteiger partial charge in [-0.15, -0.1) is 0 Å². The van der Waals surface area contributed by atoms with E-state index in [4.69, 9.17) is 18.9 Å². The summed E-state index contributed by atoms with van der Waals surface area (Å²) in [4.78, 5) is 0. The first kappa shape index (κ1) is 21.8. The van der Waals surface area contributed by atoms with Gasteiger partial charge in [0.25, 0.3) is 0 Å². The monoisotopic (exact) mass is 449 g/mol. The summed E-state index contributed by atoms with van der Waals surface area (Å²) in [7, 11) is 0. The van der Waals surface area contributed by atoms with Crippen molar-refractivity contribution in [2.24, 2.45) is 45.6 Å². The second-order valence-electron chi connectivity index (χ2n) is 12.0. The van der Waals surface area contributed by atoms with Gasteiger partial charge in [0.05, 0.1) is 38.2 Å². The molecule has 0 aromatic rings. The van der Waals surface area contributed by atoms with E-state index >= 15 is 0 Å². The van der Waals surface area contributed by atoms with Crippen LogP contribution in [0.4, 0.5) is 0 Å². The Kier molecular flexibility index (Phi) is 4.86. The van der Waals surface area contributed by atoms with Crippen molar-refractivity contribution >= 4 is 5.71 Å². The van der Waals surface area contributed by atoms with E-state index in [0.717, 1.165) is 44.2 Å². The Hall–Kier alpha value is -0.730. The zero-order valence-electron chi connectivity index (χ0n) is 19.7. The Bertz CT molecular complexity index is 789. The van der Waals surface area contributed by atoms with Crippen molar-refractivity contribution in [3.63, 3.8) is 0 Å².